The van der Waals surface area contributed by atoms with Crippen LogP contribution in [0, 0.1) is 13.8 Å². The molecule has 0 saturated carbocycles. The molecule has 0 amide bonds. The van der Waals surface area contributed by atoms with Crippen molar-refractivity contribution in [3.63, 3.8) is 0 Å². The standard InChI is InChI=1S/C18H25N5O2S2.HI/c1-13-14(2)26-17(22-13)12-21-18(19-3)20-9-11-27(24,25)23-10-8-15-6-4-5-7-16(15)23;/h4-7H,8-12H2,1-3H3,(H2,19,20,21);1H. The minimum atomic E-state index is -3.37. The van der Waals surface area contributed by atoms with Crippen molar-refractivity contribution in [2.45, 2.75) is 26.8 Å². The maximum Gasteiger partial charge on any atom is 0.236 e. The summed E-state index contributed by atoms with van der Waals surface area (Å²) in [7, 11) is -1.70. The van der Waals surface area contributed by atoms with E-state index >= 15 is 0 Å². The highest BCUT2D eigenvalue weighted by Crippen LogP contribution is 2.29. The second-order valence-electron chi connectivity index (χ2n) is 6.37. The Morgan fingerprint density at radius 3 is 2.71 bits per heavy atom. The smallest absolute Gasteiger partial charge is 0.236 e. The Morgan fingerprint density at radius 2 is 2.04 bits per heavy atom. The summed E-state index contributed by atoms with van der Waals surface area (Å²) in [5.74, 6) is 0.579. The van der Waals surface area contributed by atoms with E-state index in [4.69, 9.17) is 0 Å². The Morgan fingerprint density at radius 1 is 1.29 bits per heavy atom. The largest absolute Gasteiger partial charge is 0.355 e. The summed E-state index contributed by atoms with van der Waals surface area (Å²) >= 11 is 1.65. The van der Waals surface area contributed by atoms with E-state index in [-0.39, 0.29) is 36.3 Å². The molecule has 0 atom stereocenters. The van der Waals surface area contributed by atoms with E-state index < -0.39 is 10.0 Å². The number of halogens is 1. The van der Waals surface area contributed by atoms with Crippen LogP contribution >= 0.6 is 35.3 Å². The molecule has 2 N–H and O–H groups in total. The van der Waals surface area contributed by atoms with Gasteiger partial charge >= 0.3 is 0 Å². The Balaban J connectivity index is 0.00000280. The molecule has 0 aliphatic carbocycles. The lowest BCUT2D eigenvalue weighted by Crippen LogP contribution is -2.41. The van der Waals surface area contributed by atoms with E-state index in [0.29, 0.717) is 19.0 Å². The van der Waals surface area contributed by atoms with Crippen LogP contribution in [0.4, 0.5) is 5.69 Å². The number of rotatable bonds is 6. The summed E-state index contributed by atoms with van der Waals surface area (Å²) in [6.07, 6.45) is 0.763. The fourth-order valence-corrected chi connectivity index (χ4v) is 5.30. The zero-order valence-corrected chi connectivity index (χ0v) is 20.2. The van der Waals surface area contributed by atoms with Crippen molar-refractivity contribution in [1.82, 2.24) is 15.6 Å². The maximum atomic E-state index is 12.7. The molecule has 0 radical (unpaired) electrons. The molecule has 2 heterocycles. The number of nitrogens with one attached hydrogen (secondary N) is 2. The van der Waals surface area contributed by atoms with Gasteiger partial charge in [-0.1, -0.05) is 18.2 Å². The van der Waals surface area contributed by atoms with Crippen LogP contribution in [-0.4, -0.2) is 45.3 Å². The van der Waals surface area contributed by atoms with Crippen molar-refractivity contribution in [3.05, 3.63) is 45.4 Å². The van der Waals surface area contributed by atoms with Crippen molar-refractivity contribution in [3.8, 4) is 0 Å². The zero-order chi connectivity index (χ0) is 19.4. The first kappa shape index (κ1) is 22.9. The first-order valence-corrected chi connectivity index (χ1v) is 11.3. The van der Waals surface area contributed by atoms with Crippen LogP contribution < -0.4 is 14.9 Å². The topological polar surface area (TPSA) is 86.7 Å². The van der Waals surface area contributed by atoms with Crippen LogP contribution in [0.3, 0.4) is 0 Å². The van der Waals surface area contributed by atoms with Crippen LogP contribution in [0.1, 0.15) is 21.1 Å². The zero-order valence-electron chi connectivity index (χ0n) is 16.2. The van der Waals surface area contributed by atoms with Crippen molar-refractivity contribution >= 4 is 57.0 Å². The van der Waals surface area contributed by atoms with E-state index in [9.17, 15) is 8.42 Å². The van der Waals surface area contributed by atoms with Crippen molar-refractivity contribution in [1.29, 1.82) is 0 Å². The number of para-hydroxylation sites is 1. The average Bonchev–Trinajstić information content (AvgIpc) is 3.21. The van der Waals surface area contributed by atoms with E-state index in [2.05, 4.69) is 20.6 Å². The molecular formula is C18H26IN5O2S2. The lowest BCUT2D eigenvalue weighted by Gasteiger charge is -2.20. The van der Waals surface area contributed by atoms with Crippen LogP contribution in [0.25, 0.3) is 0 Å². The molecule has 2 aromatic rings. The molecule has 0 fully saturated rings. The molecule has 0 saturated heterocycles. The predicted molar refractivity (Wildman–Crippen MR) is 126 cm³/mol. The number of guanidine groups is 1. The summed E-state index contributed by atoms with van der Waals surface area (Å²) in [5, 5.41) is 7.23. The highest BCUT2D eigenvalue weighted by Gasteiger charge is 2.28. The van der Waals surface area contributed by atoms with Crippen molar-refractivity contribution < 1.29 is 8.42 Å². The fourth-order valence-electron chi connectivity index (χ4n) is 3.00. The van der Waals surface area contributed by atoms with Crippen LogP contribution in [0.5, 0.6) is 0 Å². The highest BCUT2D eigenvalue weighted by molar-refractivity contribution is 14.0. The third kappa shape index (κ3) is 5.35. The number of aromatic nitrogens is 1. The van der Waals surface area contributed by atoms with Gasteiger partial charge in [0.15, 0.2) is 5.96 Å². The molecule has 0 unspecified atom stereocenters. The summed E-state index contributed by atoms with van der Waals surface area (Å²) < 4.78 is 26.9. The molecule has 10 heteroatoms. The van der Waals surface area contributed by atoms with Crippen molar-refractivity contribution in [2.24, 2.45) is 4.99 Å². The third-order valence-corrected chi connectivity index (χ3v) is 7.38. The predicted octanol–water partition coefficient (Wildman–Crippen LogP) is 2.44. The highest BCUT2D eigenvalue weighted by atomic mass is 127. The SMILES string of the molecule is CN=C(NCCS(=O)(=O)N1CCc2ccccc21)NCc1nc(C)c(C)s1.I. The average molecular weight is 535 g/mol. The molecule has 7 nitrogen and oxygen atoms in total. The second kappa shape index (κ2) is 9.88. The summed E-state index contributed by atoms with van der Waals surface area (Å²) in [6, 6.07) is 7.67. The number of nitrogens with zero attached hydrogens (tertiary/aromatic N) is 3. The minimum Gasteiger partial charge on any atom is -0.355 e. The van der Waals surface area contributed by atoms with E-state index in [1.165, 1.54) is 9.18 Å². The monoisotopic (exact) mass is 535 g/mol. The van der Waals surface area contributed by atoms with Gasteiger partial charge in [0.1, 0.15) is 5.01 Å². The number of fused-ring (bicyclic) bond motifs is 1. The molecule has 1 aromatic carbocycles. The Labute approximate surface area is 187 Å². The number of thiazole rings is 1. The molecule has 0 bridgehead atoms. The molecule has 1 aromatic heterocycles. The van der Waals surface area contributed by atoms with Gasteiger partial charge in [0.05, 0.1) is 23.7 Å². The molecule has 28 heavy (non-hydrogen) atoms. The van der Waals surface area contributed by atoms with E-state index in [1.807, 2.05) is 38.1 Å². The Kier molecular flexibility index (Phi) is 8.07. The quantitative estimate of drug-likeness (QED) is 0.337. The second-order valence-corrected chi connectivity index (χ2v) is 9.67. The lowest BCUT2D eigenvalue weighted by atomic mass is 10.2. The molecule has 3 rings (SSSR count). The van der Waals surface area contributed by atoms with Gasteiger partial charge in [0.25, 0.3) is 0 Å². The third-order valence-electron chi connectivity index (χ3n) is 4.54. The van der Waals surface area contributed by atoms with Crippen LogP contribution in [-0.2, 0) is 23.0 Å². The number of sulfonamides is 1. The van der Waals surface area contributed by atoms with Crippen LogP contribution in [0.15, 0.2) is 29.3 Å². The first-order chi connectivity index (χ1) is 12.9. The molecule has 1 aliphatic rings. The maximum absolute atomic E-state index is 12.7. The number of hydrogen-bond acceptors (Lipinski definition) is 5. The van der Waals surface area contributed by atoms with Crippen LogP contribution in [0.2, 0.25) is 0 Å². The van der Waals surface area contributed by atoms with Gasteiger partial charge in [0, 0.05) is 25.0 Å². The van der Waals surface area contributed by atoms with Gasteiger partial charge in [-0.05, 0) is 31.9 Å². The van der Waals surface area contributed by atoms with Gasteiger partial charge in [0.2, 0.25) is 10.0 Å². The van der Waals surface area contributed by atoms with E-state index in [1.54, 1.807) is 18.4 Å². The van der Waals surface area contributed by atoms with Gasteiger partial charge in [-0.15, -0.1) is 35.3 Å². The number of aliphatic imine (C=N–C) groups is 1. The number of hydrogen-bond donors (Lipinski definition) is 2. The fraction of sp³-hybridized carbons (Fsp3) is 0.444. The molecule has 154 valence electrons. The molecular weight excluding hydrogens is 509 g/mol. The lowest BCUT2D eigenvalue weighted by molar-refractivity contribution is 0.591. The molecule has 0 spiro atoms. The summed E-state index contributed by atoms with van der Waals surface area (Å²) in [5.41, 5.74) is 2.92. The van der Waals surface area contributed by atoms with Gasteiger partial charge in [-0.25, -0.2) is 13.4 Å². The van der Waals surface area contributed by atoms with Gasteiger partial charge < -0.3 is 10.6 Å². The van der Waals surface area contributed by atoms with Gasteiger partial charge in [-0.3, -0.25) is 9.30 Å². The first-order valence-electron chi connectivity index (χ1n) is 8.86. The van der Waals surface area contributed by atoms with E-state index in [0.717, 1.165) is 28.4 Å². The van der Waals surface area contributed by atoms with Crippen molar-refractivity contribution in [2.75, 3.05) is 30.2 Å². The summed E-state index contributed by atoms with van der Waals surface area (Å²) in [6.45, 7) is 5.40. The van der Waals surface area contributed by atoms with Gasteiger partial charge in [-0.2, -0.15) is 0 Å². The normalized spacial score (nSPS) is 13.8. The summed E-state index contributed by atoms with van der Waals surface area (Å²) in [4.78, 5) is 9.83. The number of anilines is 1. The number of aryl methyl sites for hydroxylation is 2. The minimum absolute atomic E-state index is 0. The Bertz CT molecular complexity index is 924. The molecule has 1 aliphatic heterocycles. The Hall–Kier alpha value is -1.40. The number of benzene rings is 1.